The number of nitrogens with zero attached hydrogens (tertiary/aromatic N) is 2. The number of nitrogens with one attached hydrogen (secondary N) is 2. The van der Waals surface area contributed by atoms with E-state index in [2.05, 4.69) is 41.4 Å². The molecule has 1 aliphatic rings. The highest BCUT2D eigenvalue weighted by Crippen LogP contribution is 2.17. The van der Waals surface area contributed by atoms with Crippen molar-refractivity contribution < 1.29 is 0 Å². The molecular weight excluding hydrogens is 236 g/mol. The maximum absolute atomic E-state index is 4.32. The molecule has 0 amide bonds. The predicted molar refractivity (Wildman–Crippen MR) is 83.8 cm³/mol. The third kappa shape index (κ3) is 6.28. The van der Waals surface area contributed by atoms with Crippen LogP contribution in [0.25, 0.3) is 0 Å². The summed E-state index contributed by atoms with van der Waals surface area (Å²) < 4.78 is 0. The molecule has 112 valence electrons. The van der Waals surface area contributed by atoms with Gasteiger partial charge in [-0.25, -0.2) is 0 Å². The molecule has 1 rings (SSSR count). The second-order valence-corrected chi connectivity index (χ2v) is 5.72. The Hall–Kier alpha value is -0.770. The third-order valence-electron chi connectivity index (χ3n) is 4.27. The second-order valence-electron chi connectivity index (χ2n) is 5.72. The number of hydrogen-bond acceptors (Lipinski definition) is 2. The predicted octanol–water partition coefficient (Wildman–Crippen LogP) is 2.21. The normalized spacial score (nSPS) is 19.5. The first kappa shape index (κ1) is 16.3. The average molecular weight is 268 g/mol. The fraction of sp³-hybridized carbons (Fsp3) is 0.933. The molecule has 1 saturated carbocycles. The summed E-state index contributed by atoms with van der Waals surface area (Å²) in [6, 6.07) is 1.27. The van der Waals surface area contributed by atoms with Crippen molar-refractivity contribution in [2.45, 2.75) is 64.5 Å². The SMILES string of the molecule is CCC(C)N(C)CCNC(=NC)NC1CCCCC1. The molecule has 1 fully saturated rings. The van der Waals surface area contributed by atoms with Crippen LogP contribution in [0.1, 0.15) is 52.4 Å². The minimum absolute atomic E-state index is 0.618. The Bertz CT molecular complexity index is 259. The molecule has 0 bridgehead atoms. The van der Waals surface area contributed by atoms with Gasteiger partial charge in [-0.3, -0.25) is 4.99 Å². The molecule has 0 saturated heterocycles. The lowest BCUT2D eigenvalue weighted by Crippen LogP contribution is -2.46. The molecule has 2 N–H and O–H groups in total. The van der Waals surface area contributed by atoms with Crippen LogP contribution in [0, 0.1) is 0 Å². The first-order valence-electron chi connectivity index (χ1n) is 7.84. The van der Waals surface area contributed by atoms with Crippen molar-refractivity contribution in [3.63, 3.8) is 0 Å². The van der Waals surface area contributed by atoms with Crippen LogP contribution in [-0.4, -0.2) is 50.1 Å². The Morgan fingerprint density at radius 1 is 1.32 bits per heavy atom. The van der Waals surface area contributed by atoms with E-state index in [4.69, 9.17) is 0 Å². The van der Waals surface area contributed by atoms with E-state index < -0.39 is 0 Å². The van der Waals surface area contributed by atoms with Crippen LogP contribution in [0.15, 0.2) is 4.99 Å². The Kier molecular flexibility index (Phi) is 7.87. The number of aliphatic imine (C=N–C) groups is 1. The summed E-state index contributed by atoms with van der Waals surface area (Å²) in [7, 11) is 4.05. The molecule has 0 heterocycles. The van der Waals surface area contributed by atoms with Gasteiger partial charge in [-0.1, -0.05) is 26.2 Å². The molecule has 0 radical (unpaired) electrons. The van der Waals surface area contributed by atoms with Crippen LogP contribution in [-0.2, 0) is 0 Å². The fourth-order valence-corrected chi connectivity index (χ4v) is 2.52. The average Bonchev–Trinajstić information content (AvgIpc) is 2.46. The standard InChI is InChI=1S/C15H32N4/c1-5-13(2)19(4)12-11-17-15(16-3)18-14-9-7-6-8-10-14/h13-14H,5-12H2,1-4H3,(H2,16,17,18). The van der Waals surface area contributed by atoms with Crippen molar-refractivity contribution in [2.24, 2.45) is 4.99 Å². The van der Waals surface area contributed by atoms with Crippen molar-refractivity contribution >= 4 is 5.96 Å². The summed E-state index contributed by atoms with van der Waals surface area (Å²) in [5.74, 6) is 0.962. The summed E-state index contributed by atoms with van der Waals surface area (Å²) >= 11 is 0. The van der Waals surface area contributed by atoms with Crippen LogP contribution in [0.3, 0.4) is 0 Å². The van der Waals surface area contributed by atoms with Gasteiger partial charge in [0, 0.05) is 32.2 Å². The van der Waals surface area contributed by atoms with E-state index in [9.17, 15) is 0 Å². The molecule has 1 unspecified atom stereocenters. The summed E-state index contributed by atoms with van der Waals surface area (Å²) in [5, 5.41) is 6.97. The Morgan fingerprint density at radius 3 is 2.58 bits per heavy atom. The number of guanidine groups is 1. The number of rotatable bonds is 6. The summed E-state index contributed by atoms with van der Waals surface area (Å²) in [6.07, 6.45) is 7.87. The van der Waals surface area contributed by atoms with Gasteiger partial charge in [0.2, 0.25) is 0 Å². The van der Waals surface area contributed by atoms with Gasteiger partial charge in [0.1, 0.15) is 0 Å². The van der Waals surface area contributed by atoms with E-state index >= 15 is 0 Å². The summed E-state index contributed by atoms with van der Waals surface area (Å²) in [4.78, 5) is 6.71. The van der Waals surface area contributed by atoms with Gasteiger partial charge < -0.3 is 15.5 Å². The van der Waals surface area contributed by atoms with Gasteiger partial charge in [-0.15, -0.1) is 0 Å². The van der Waals surface area contributed by atoms with Crippen LogP contribution in [0.4, 0.5) is 0 Å². The molecule has 4 heteroatoms. The van der Waals surface area contributed by atoms with Crippen LogP contribution in [0.2, 0.25) is 0 Å². The molecule has 0 aromatic carbocycles. The van der Waals surface area contributed by atoms with Crippen molar-refractivity contribution in [1.29, 1.82) is 0 Å². The molecule has 0 aliphatic heterocycles. The summed E-state index contributed by atoms with van der Waals surface area (Å²) in [6.45, 7) is 6.51. The first-order chi connectivity index (χ1) is 9.17. The minimum Gasteiger partial charge on any atom is -0.355 e. The van der Waals surface area contributed by atoms with Crippen LogP contribution < -0.4 is 10.6 Å². The molecule has 19 heavy (non-hydrogen) atoms. The Labute approximate surface area is 119 Å². The zero-order chi connectivity index (χ0) is 14.1. The molecule has 4 nitrogen and oxygen atoms in total. The lowest BCUT2D eigenvalue weighted by molar-refractivity contribution is 0.255. The highest BCUT2D eigenvalue weighted by atomic mass is 15.2. The van der Waals surface area contributed by atoms with Gasteiger partial charge in [0.15, 0.2) is 5.96 Å². The fourth-order valence-electron chi connectivity index (χ4n) is 2.52. The molecule has 0 spiro atoms. The van der Waals surface area contributed by atoms with Crippen molar-refractivity contribution in [2.75, 3.05) is 27.2 Å². The second kappa shape index (κ2) is 9.18. The van der Waals surface area contributed by atoms with Crippen molar-refractivity contribution in [3.8, 4) is 0 Å². The zero-order valence-electron chi connectivity index (χ0n) is 13.2. The van der Waals surface area contributed by atoms with E-state index in [0.717, 1.165) is 19.0 Å². The minimum atomic E-state index is 0.618. The van der Waals surface area contributed by atoms with E-state index in [1.807, 2.05) is 7.05 Å². The topological polar surface area (TPSA) is 39.7 Å². The van der Waals surface area contributed by atoms with Gasteiger partial charge in [-0.05, 0) is 33.2 Å². The van der Waals surface area contributed by atoms with E-state index in [1.165, 1.54) is 38.5 Å². The number of likely N-dealkylation sites (N-methyl/N-ethyl adjacent to an activating group) is 1. The van der Waals surface area contributed by atoms with E-state index in [0.29, 0.717) is 12.1 Å². The van der Waals surface area contributed by atoms with Gasteiger partial charge in [-0.2, -0.15) is 0 Å². The quantitative estimate of drug-likeness (QED) is 0.573. The van der Waals surface area contributed by atoms with Gasteiger partial charge >= 0.3 is 0 Å². The molecule has 0 aromatic rings. The van der Waals surface area contributed by atoms with Crippen molar-refractivity contribution in [3.05, 3.63) is 0 Å². The largest absolute Gasteiger partial charge is 0.355 e. The summed E-state index contributed by atoms with van der Waals surface area (Å²) in [5.41, 5.74) is 0. The van der Waals surface area contributed by atoms with E-state index in [-0.39, 0.29) is 0 Å². The molecule has 1 atom stereocenters. The van der Waals surface area contributed by atoms with Gasteiger partial charge in [0.05, 0.1) is 0 Å². The monoisotopic (exact) mass is 268 g/mol. The van der Waals surface area contributed by atoms with Crippen LogP contribution >= 0.6 is 0 Å². The maximum atomic E-state index is 4.32. The molecule has 1 aliphatic carbocycles. The smallest absolute Gasteiger partial charge is 0.191 e. The van der Waals surface area contributed by atoms with E-state index in [1.54, 1.807) is 0 Å². The first-order valence-corrected chi connectivity index (χ1v) is 7.84. The van der Waals surface area contributed by atoms with Crippen LogP contribution in [0.5, 0.6) is 0 Å². The van der Waals surface area contributed by atoms with Gasteiger partial charge in [0.25, 0.3) is 0 Å². The molecular formula is C15H32N4. The molecule has 0 aromatic heterocycles. The highest BCUT2D eigenvalue weighted by Gasteiger charge is 2.14. The lowest BCUT2D eigenvalue weighted by Gasteiger charge is -2.26. The van der Waals surface area contributed by atoms with Crippen molar-refractivity contribution in [1.82, 2.24) is 15.5 Å². The Balaban J connectivity index is 2.21. The maximum Gasteiger partial charge on any atom is 0.191 e. The lowest BCUT2D eigenvalue weighted by atomic mass is 9.96. The number of hydrogen-bond donors (Lipinski definition) is 2. The Morgan fingerprint density at radius 2 is 2.00 bits per heavy atom. The third-order valence-corrected chi connectivity index (χ3v) is 4.27. The highest BCUT2D eigenvalue weighted by molar-refractivity contribution is 5.79. The zero-order valence-corrected chi connectivity index (χ0v) is 13.2.